The van der Waals surface area contributed by atoms with Crippen LogP contribution in [-0.4, -0.2) is 47.1 Å². The van der Waals surface area contributed by atoms with Crippen molar-refractivity contribution < 1.29 is 19.5 Å². The van der Waals surface area contributed by atoms with Crippen LogP contribution < -0.4 is 5.48 Å². The van der Waals surface area contributed by atoms with Crippen LogP contribution in [0.25, 0.3) is 0 Å². The lowest BCUT2D eigenvalue weighted by Gasteiger charge is -2.28. The zero-order valence-corrected chi connectivity index (χ0v) is 8.87. The molecule has 0 aromatic rings. The summed E-state index contributed by atoms with van der Waals surface area (Å²) in [4.78, 5) is 27.8. The van der Waals surface area contributed by atoms with Gasteiger partial charge in [-0.05, 0) is 12.8 Å². The Hall–Kier alpha value is -1.01. The monoisotopic (exact) mass is 236 g/mol. The zero-order valence-electron chi connectivity index (χ0n) is 8.11. The van der Waals surface area contributed by atoms with E-state index in [1.165, 1.54) is 4.90 Å². The smallest absolute Gasteiger partial charge is 0.391 e. The Morgan fingerprint density at radius 2 is 2.33 bits per heavy atom. The molecule has 0 aliphatic carbocycles. The number of piperidine rings is 1. The van der Waals surface area contributed by atoms with Gasteiger partial charge in [0.05, 0.1) is 6.10 Å². The molecule has 15 heavy (non-hydrogen) atoms. The molecule has 1 atom stereocenters. The maximum Gasteiger partial charge on any atom is 0.434 e. The Morgan fingerprint density at radius 3 is 2.93 bits per heavy atom. The van der Waals surface area contributed by atoms with Crippen molar-refractivity contribution >= 4 is 23.6 Å². The first-order valence-electron chi connectivity index (χ1n) is 4.62. The van der Waals surface area contributed by atoms with E-state index in [1.54, 1.807) is 0 Å². The fraction of sp³-hybridized carbons (Fsp3) is 0.750. The van der Waals surface area contributed by atoms with Gasteiger partial charge < -0.3 is 14.8 Å². The van der Waals surface area contributed by atoms with Gasteiger partial charge in [0.15, 0.2) is 0 Å². The van der Waals surface area contributed by atoms with Crippen LogP contribution >= 0.6 is 11.6 Å². The van der Waals surface area contributed by atoms with Crippen LogP contribution in [0, 0.1) is 0 Å². The van der Waals surface area contributed by atoms with Crippen LogP contribution in [0.5, 0.6) is 0 Å². The molecular weight excluding hydrogens is 224 g/mol. The Balaban J connectivity index is 2.30. The van der Waals surface area contributed by atoms with E-state index in [1.807, 2.05) is 5.48 Å². The predicted octanol–water partition coefficient (Wildman–Crippen LogP) is -0.150. The lowest BCUT2D eigenvalue weighted by atomic mass is 10.1. The van der Waals surface area contributed by atoms with Gasteiger partial charge in [-0.15, -0.1) is 11.6 Å². The van der Waals surface area contributed by atoms with Gasteiger partial charge in [0.25, 0.3) is 5.91 Å². The van der Waals surface area contributed by atoms with E-state index in [4.69, 9.17) is 11.6 Å². The second-order valence-electron chi connectivity index (χ2n) is 3.27. The summed E-state index contributed by atoms with van der Waals surface area (Å²) < 4.78 is 0. The standard InChI is InChI=1S/C8H13ClN2O4/c9-4-7(13)10-15-8(14)11-3-1-2-6(12)5-11/h6,12H,1-5H2,(H,10,13). The summed E-state index contributed by atoms with van der Waals surface area (Å²) in [5.74, 6) is -0.849. The van der Waals surface area contributed by atoms with Crippen molar-refractivity contribution in [2.75, 3.05) is 19.0 Å². The van der Waals surface area contributed by atoms with E-state index in [-0.39, 0.29) is 12.4 Å². The van der Waals surface area contributed by atoms with Crippen LogP contribution in [-0.2, 0) is 9.63 Å². The highest BCUT2D eigenvalue weighted by molar-refractivity contribution is 6.27. The Kier molecular flexibility index (Phi) is 4.64. The number of hydrogen-bond acceptors (Lipinski definition) is 4. The molecule has 2 amide bonds. The topological polar surface area (TPSA) is 78.9 Å². The van der Waals surface area contributed by atoms with Crippen LogP contribution in [0.2, 0.25) is 0 Å². The lowest BCUT2D eigenvalue weighted by Crippen LogP contribution is -2.44. The molecule has 1 saturated heterocycles. The quantitative estimate of drug-likeness (QED) is 0.490. The van der Waals surface area contributed by atoms with Crippen molar-refractivity contribution in [3.05, 3.63) is 0 Å². The second kappa shape index (κ2) is 5.77. The predicted molar refractivity (Wildman–Crippen MR) is 52.2 cm³/mol. The molecule has 1 aliphatic rings. The highest BCUT2D eigenvalue weighted by Crippen LogP contribution is 2.10. The first-order chi connectivity index (χ1) is 7.13. The summed E-state index contributed by atoms with van der Waals surface area (Å²) in [6, 6.07) is 0. The number of alkyl halides is 1. The minimum absolute atomic E-state index is 0.232. The van der Waals surface area contributed by atoms with Gasteiger partial charge in [0, 0.05) is 13.1 Å². The molecular formula is C8H13ClN2O4. The zero-order chi connectivity index (χ0) is 11.3. The summed E-state index contributed by atoms with van der Waals surface area (Å²) in [5.41, 5.74) is 1.90. The molecule has 1 fully saturated rings. The maximum atomic E-state index is 11.3. The fourth-order valence-electron chi connectivity index (χ4n) is 1.31. The number of aliphatic hydroxyl groups is 1. The van der Waals surface area contributed by atoms with Crippen molar-refractivity contribution in [3.8, 4) is 0 Å². The number of likely N-dealkylation sites (tertiary alicyclic amines) is 1. The van der Waals surface area contributed by atoms with E-state index >= 15 is 0 Å². The number of nitrogens with one attached hydrogen (secondary N) is 1. The molecule has 1 heterocycles. The van der Waals surface area contributed by atoms with Crippen molar-refractivity contribution in [1.82, 2.24) is 10.4 Å². The average Bonchev–Trinajstić information content (AvgIpc) is 2.25. The molecule has 0 spiro atoms. The SMILES string of the molecule is O=C(CCl)NOC(=O)N1CCCC(O)C1. The number of carbonyl (C=O) groups excluding carboxylic acids is 2. The van der Waals surface area contributed by atoms with Crippen LogP contribution in [0.4, 0.5) is 4.79 Å². The maximum absolute atomic E-state index is 11.3. The lowest BCUT2D eigenvalue weighted by molar-refractivity contribution is -0.127. The number of halogens is 1. The molecule has 7 heteroatoms. The minimum Gasteiger partial charge on any atom is -0.391 e. The van der Waals surface area contributed by atoms with Gasteiger partial charge in [-0.3, -0.25) is 4.79 Å². The molecule has 0 aromatic heterocycles. The van der Waals surface area contributed by atoms with E-state index < -0.39 is 18.1 Å². The number of rotatable bonds is 1. The molecule has 1 unspecified atom stereocenters. The largest absolute Gasteiger partial charge is 0.434 e. The van der Waals surface area contributed by atoms with Crippen LogP contribution in [0.3, 0.4) is 0 Å². The molecule has 2 N–H and O–H groups in total. The normalized spacial score (nSPS) is 20.9. The molecule has 0 aromatic carbocycles. The number of hydroxylamine groups is 1. The summed E-state index contributed by atoms with van der Waals surface area (Å²) in [6.45, 7) is 0.752. The van der Waals surface area contributed by atoms with Crippen molar-refractivity contribution in [2.45, 2.75) is 18.9 Å². The highest BCUT2D eigenvalue weighted by Gasteiger charge is 2.23. The summed E-state index contributed by atoms with van der Waals surface area (Å²) in [6.07, 6.45) is 0.208. The molecule has 0 saturated carbocycles. The van der Waals surface area contributed by atoms with Crippen LogP contribution in [0.15, 0.2) is 0 Å². The number of carbonyl (C=O) groups is 2. The van der Waals surface area contributed by atoms with Gasteiger partial charge in [0.1, 0.15) is 5.88 Å². The number of β-amino-alcohol motifs (C(OH)–C–C–N with tert-alkyl or cyclic N) is 1. The molecule has 1 rings (SSSR count). The second-order valence-corrected chi connectivity index (χ2v) is 3.54. The van der Waals surface area contributed by atoms with Gasteiger partial charge in [-0.2, -0.15) is 5.48 Å². The highest BCUT2D eigenvalue weighted by atomic mass is 35.5. The third kappa shape index (κ3) is 3.93. The third-order valence-electron chi connectivity index (χ3n) is 2.03. The number of aliphatic hydroxyl groups excluding tert-OH is 1. The first kappa shape index (κ1) is 12.1. The van der Waals surface area contributed by atoms with E-state index in [9.17, 15) is 14.7 Å². The fourth-order valence-corrected chi connectivity index (χ4v) is 1.37. The Morgan fingerprint density at radius 1 is 1.60 bits per heavy atom. The molecule has 1 aliphatic heterocycles. The number of nitrogens with zero attached hydrogens (tertiary/aromatic N) is 1. The molecule has 6 nitrogen and oxygen atoms in total. The first-order valence-corrected chi connectivity index (χ1v) is 5.15. The van der Waals surface area contributed by atoms with Crippen molar-refractivity contribution in [2.24, 2.45) is 0 Å². The third-order valence-corrected chi connectivity index (χ3v) is 2.27. The summed E-state index contributed by atoms with van der Waals surface area (Å²) in [7, 11) is 0. The molecule has 86 valence electrons. The summed E-state index contributed by atoms with van der Waals surface area (Å²) >= 11 is 5.19. The average molecular weight is 237 g/mol. The van der Waals surface area contributed by atoms with Gasteiger partial charge in [0.2, 0.25) is 0 Å². The van der Waals surface area contributed by atoms with Gasteiger partial charge >= 0.3 is 6.09 Å². The molecule has 0 bridgehead atoms. The number of amides is 2. The van der Waals surface area contributed by atoms with E-state index in [0.717, 1.165) is 6.42 Å². The Labute approximate surface area is 92.1 Å². The number of hydrogen-bond donors (Lipinski definition) is 2. The summed E-state index contributed by atoms with van der Waals surface area (Å²) in [5, 5.41) is 9.29. The van der Waals surface area contributed by atoms with Crippen LogP contribution in [0.1, 0.15) is 12.8 Å². The van der Waals surface area contributed by atoms with E-state index in [0.29, 0.717) is 13.0 Å². The Bertz CT molecular complexity index is 249. The van der Waals surface area contributed by atoms with Gasteiger partial charge in [-0.1, -0.05) is 0 Å². The van der Waals surface area contributed by atoms with Gasteiger partial charge in [-0.25, -0.2) is 4.79 Å². The minimum atomic E-state index is -0.674. The van der Waals surface area contributed by atoms with E-state index in [2.05, 4.69) is 4.84 Å². The molecule has 0 radical (unpaired) electrons. The van der Waals surface area contributed by atoms with Crippen molar-refractivity contribution in [1.29, 1.82) is 0 Å². The van der Waals surface area contributed by atoms with Crippen molar-refractivity contribution in [3.63, 3.8) is 0 Å².